The Morgan fingerprint density at radius 2 is 2.15 bits per heavy atom. The van der Waals surface area contributed by atoms with Crippen molar-refractivity contribution >= 4 is 0 Å². The molecule has 2 heteroatoms. The van der Waals surface area contributed by atoms with Crippen molar-refractivity contribution in [2.45, 2.75) is 45.1 Å². The van der Waals surface area contributed by atoms with E-state index in [1.165, 1.54) is 19.3 Å². The van der Waals surface area contributed by atoms with E-state index in [1.807, 2.05) is 13.0 Å². The van der Waals surface area contributed by atoms with Gasteiger partial charge in [-0.2, -0.15) is 0 Å². The first-order valence-corrected chi connectivity index (χ1v) is 5.20. The number of ether oxygens (including phenoxy) is 2. The molecule has 0 radical (unpaired) electrons. The van der Waals surface area contributed by atoms with Crippen molar-refractivity contribution in [3.63, 3.8) is 0 Å². The molecule has 0 saturated heterocycles. The molecule has 0 heterocycles. The van der Waals surface area contributed by atoms with Crippen molar-refractivity contribution in [1.29, 1.82) is 0 Å². The summed E-state index contributed by atoms with van der Waals surface area (Å²) in [6.45, 7) is 5.63. The van der Waals surface area contributed by atoms with Crippen LogP contribution in [0.2, 0.25) is 0 Å². The maximum Gasteiger partial charge on any atom is 0.0900 e. The van der Waals surface area contributed by atoms with Gasteiger partial charge in [0, 0.05) is 13.0 Å². The predicted octanol–water partition coefficient (Wildman–Crippen LogP) is 2.89. The molecular formula is C11H20O2. The Bertz CT molecular complexity index is 159. The Balaban J connectivity index is 2.16. The van der Waals surface area contributed by atoms with Gasteiger partial charge in [0.2, 0.25) is 0 Å². The minimum atomic E-state index is 0.163. The van der Waals surface area contributed by atoms with E-state index in [0.29, 0.717) is 0 Å². The van der Waals surface area contributed by atoms with Gasteiger partial charge in [-0.15, -0.1) is 0 Å². The van der Waals surface area contributed by atoms with E-state index >= 15 is 0 Å². The van der Waals surface area contributed by atoms with Crippen LogP contribution in [0.4, 0.5) is 0 Å². The van der Waals surface area contributed by atoms with Gasteiger partial charge in [-0.05, 0) is 33.1 Å². The molecule has 1 aliphatic rings. The maximum atomic E-state index is 5.74. The SMILES string of the molecule is CC=COCCC1(OCC)CCC1. The molecule has 1 saturated carbocycles. The molecule has 76 valence electrons. The first-order chi connectivity index (χ1) is 6.33. The summed E-state index contributed by atoms with van der Waals surface area (Å²) in [5, 5.41) is 0. The topological polar surface area (TPSA) is 18.5 Å². The minimum Gasteiger partial charge on any atom is -0.501 e. The molecule has 13 heavy (non-hydrogen) atoms. The summed E-state index contributed by atoms with van der Waals surface area (Å²) in [4.78, 5) is 0. The van der Waals surface area contributed by atoms with E-state index in [4.69, 9.17) is 9.47 Å². The van der Waals surface area contributed by atoms with Crippen LogP contribution in [-0.2, 0) is 9.47 Å². The number of hydrogen-bond acceptors (Lipinski definition) is 2. The highest BCUT2D eigenvalue weighted by atomic mass is 16.5. The normalized spacial score (nSPS) is 20.2. The molecule has 0 aliphatic heterocycles. The van der Waals surface area contributed by atoms with Gasteiger partial charge in [-0.3, -0.25) is 0 Å². The lowest BCUT2D eigenvalue weighted by Crippen LogP contribution is -2.41. The van der Waals surface area contributed by atoms with E-state index in [1.54, 1.807) is 6.26 Å². The van der Waals surface area contributed by atoms with Gasteiger partial charge in [0.05, 0.1) is 18.5 Å². The lowest BCUT2D eigenvalue weighted by Gasteiger charge is -2.41. The highest BCUT2D eigenvalue weighted by Gasteiger charge is 2.37. The largest absolute Gasteiger partial charge is 0.501 e. The van der Waals surface area contributed by atoms with Gasteiger partial charge in [0.25, 0.3) is 0 Å². The zero-order chi connectivity index (χ0) is 9.57. The summed E-state index contributed by atoms with van der Waals surface area (Å²) in [7, 11) is 0. The Hall–Kier alpha value is -0.500. The fourth-order valence-corrected chi connectivity index (χ4v) is 1.75. The standard InChI is InChI=1S/C11H20O2/c1-3-9-12-10-8-11(13-4-2)6-5-7-11/h3,9H,4-8,10H2,1-2H3. The second-order valence-electron chi connectivity index (χ2n) is 3.56. The lowest BCUT2D eigenvalue weighted by molar-refractivity contribution is -0.107. The van der Waals surface area contributed by atoms with E-state index < -0.39 is 0 Å². The van der Waals surface area contributed by atoms with Crippen molar-refractivity contribution < 1.29 is 9.47 Å². The molecule has 0 atom stereocenters. The van der Waals surface area contributed by atoms with Crippen LogP contribution >= 0.6 is 0 Å². The molecule has 0 aromatic heterocycles. The molecule has 1 fully saturated rings. The smallest absolute Gasteiger partial charge is 0.0900 e. The second kappa shape index (κ2) is 5.28. The Morgan fingerprint density at radius 3 is 2.62 bits per heavy atom. The van der Waals surface area contributed by atoms with Crippen LogP contribution in [0.3, 0.4) is 0 Å². The monoisotopic (exact) mass is 184 g/mol. The summed E-state index contributed by atoms with van der Waals surface area (Å²) in [6.07, 6.45) is 8.42. The fraction of sp³-hybridized carbons (Fsp3) is 0.818. The number of allylic oxidation sites excluding steroid dienone is 1. The van der Waals surface area contributed by atoms with Gasteiger partial charge in [0.1, 0.15) is 0 Å². The first kappa shape index (κ1) is 10.6. The number of hydrogen-bond donors (Lipinski definition) is 0. The van der Waals surface area contributed by atoms with Crippen molar-refractivity contribution in [1.82, 2.24) is 0 Å². The van der Waals surface area contributed by atoms with E-state index in [2.05, 4.69) is 6.92 Å². The zero-order valence-electron chi connectivity index (χ0n) is 8.71. The van der Waals surface area contributed by atoms with Crippen molar-refractivity contribution in [3.05, 3.63) is 12.3 Å². The molecule has 0 N–H and O–H groups in total. The maximum absolute atomic E-state index is 5.74. The molecule has 2 nitrogen and oxygen atoms in total. The molecule has 0 bridgehead atoms. The molecule has 0 spiro atoms. The van der Waals surface area contributed by atoms with Gasteiger partial charge in [-0.1, -0.05) is 6.08 Å². The van der Waals surface area contributed by atoms with Crippen LogP contribution in [0.1, 0.15) is 39.5 Å². The van der Waals surface area contributed by atoms with Crippen LogP contribution in [0.5, 0.6) is 0 Å². The van der Waals surface area contributed by atoms with E-state index in [0.717, 1.165) is 19.6 Å². The summed E-state index contributed by atoms with van der Waals surface area (Å²) >= 11 is 0. The average molecular weight is 184 g/mol. The predicted molar refractivity (Wildman–Crippen MR) is 53.6 cm³/mol. The van der Waals surface area contributed by atoms with Gasteiger partial charge < -0.3 is 9.47 Å². The molecular weight excluding hydrogens is 164 g/mol. The fourth-order valence-electron chi connectivity index (χ4n) is 1.75. The summed E-state index contributed by atoms with van der Waals surface area (Å²) in [6, 6.07) is 0. The van der Waals surface area contributed by atoms with Gasteiger partial charge in [0.15, 0.2) is 0 Å². The molecule has 0 aromatic rings. The minimum absolute atomic E-state index is 0.163. The summed E-state index contributed by atoms with van der Waals surface area (Å²) < 4.78 is 11.0. The molecule has 1 rings (SSSR count). The van der Waals surface area contributed by atoms with Crippen LogP contribution in [0, 0.1) is 0 Å². The highest BCUT2D eigenvalue weighted by Crippen LogP contribution is 2.38. The molecule has 0 unspecified atom stereocenters. The van der Waals surface area contributed by atoms with E-state index in [-0.39, 0.29) is 5.60 Å². The van der Waals surface area contributed by atoms with Crippen molar-refractivity contribution in [2.75, 3.05) is 13.2 Å². The lowest BCUT2D eigenvalue weighted by atomic mass is 9.78. The van der Waals surface area contributed by atoms with Crippen LogP contribution < -0.4 is 0 Å². The third-order valence-electron chi connectivity index (χ3n) is 2.62. The Kier molecular flexibility index (Phi) is 4.29. The summed E-state index contributed by atoms with van der Waals surface area (Å²) in [5.41, 5.74) is 0.163. The van der Waals surface area contributed by atoms with Gasteiger partial charge >= 0.3 is 0 Å². The van der Waals surface area contributed by atoms with Crippen LogP contribution in [-0.4, -0.2) is 18.8 Å². The Morgan fingerprint density at radius 1 is 1.38 bits per heavy atom. The quantitative estimate of drug-likeness (QED) is 0.467. The Labute approximate surface area is 80.9 Å². The van der Waals surface area contributed by atoms with Crippen molar-refractivity contribution in [3.8, 4) is 0 Å². The highest BCUT2D eigenvalue weighted by molar-refractivity contribution is 4.89. The summed E-state index contributed by atoms with van der Waals surface area (Å²) in [5.74, 6) is 0. The molecule has 0 amide bonds. The van der Waals surface area contributed by atoms with Crippen LogP contribution in [0.25, 0.3) is 0 Å². The first-order valence-electron chi connectivity index (χ1n) is 5.20. The van der Waals surface area contributed by atoms with Gasteiger partial charge in [-0.25, -0.2) is 0 Å². The van der Waals surface area contributed by atoms with E-state index in [9.17, 15) is 0 Å². The average Bonchev–Trinajstić information content (AvgIpc) is 2.08. The third-order valence-corrected chi connectivity index (χ3v) is 2.62. The second-order valence-corrected chi connectivity index (χ2v) is 3.56. The molecule has 1 aliphatic carbocycles. The van der Waals surface area contributed by atoms with Crippen LogP contribution in [0.15, 0.2) is 12.3 Å². The zero-order valence-corrected chi connectivity index (χ0v) is 8.71. The van der Waals surface area contributed by atoms with Crippen molar-refractivity contribution in [2.24, 2.45) is 0 Å². The molecule has 0 aromatic carbocycles. The third kappa shape index (κ3) is 3.03. The number of rotatable bonds is 6.